The molecule has 8 nitrogen and oxygen atoms in total. The van der Waals surface area contributed by atoms with E-state index in [-0.39, 0.29) is 11.9 Å². The first-order valence-electron chi connectivity index (χ1n) is 7.66. The fourth-order valence-corrected chi connectivity index (χ4v) is 2.42. The third-order valence-corrected chi connectivity index (χ3v) is 3.72. The van der Waals surface area contributed by atoms with Gasteiger partial charge in [-0.25, -0.2) is 20.2 Å². The van der Waals surface area contributed by atoms with Crippen molar-refractivity contribution in [2.75, 3.05) is 31.1 Å². The standard InChI is InChI=1S/C16H18N6O2/c23-14(13-5-2-1-3-6-13)19-20-16(24)22-11-9-21(10-12-22)15-17-7-4-8-18-15/h1-8H,9-12H2,(H,19,23)(H,20,24). The van der Waals surface area contributed by atoms with Crippen molar-refractivity contribution in [2.45, 2.75) is 0 Å². The molecule has 0 radical (unpaired) electrons. The normalized spacial score (nSPS) is 14.2. The number of hydrogen-bond acceptors (Lipinski definition) is 5. The molecule has 2 aromatic rings. The molecular formula is C16H18N6O2. The fourth-order valence-electron chi connectivity index (χ4n) is 2.42. The van der Waals surface area contributed by atoms with Crippen molar-refractivity contribution in [3.63, 3.8) is 0 Å². The highest BCUT2D eigenvalue weighted by Crippen LogP contribution is 2.09. The molecular weight excluding hydrogens is 308 g/mol. The van der Waals surface area contributed by atoms with Crippen LogP contribution < -0.4 is 15.8 Å². The lowest BCUT2D eigenvalue weighted by Gasteiger charge is -2.34. The molecule has 0 bridgehead atoms. The van der Waals surface area contributed by atoms with Crippen LogP contribution in [-0.2, 0) is 0 Å². The molecule has 1 saturated heterocycles. The van der Waals surface area contributed by atoms with Gasteiger partial charge in [0.25, 0.3) is 5.91 Å². The highest BCUT2D eigenvalue weighted by molar-refractivity contribution is 5.95. The Balaban J connectivity index is 1.46. The van der Waals surface area contributed by atoms with E-state index in [4.69, 9.17) is 0 Å². The van der Waals surface area contributed by atoms with E-state index >= 15 is 0 Å². The molecule has 1 fully saturated rings. The fraction of sp³-hybridized carbons (Fsp3) is 0.250. The van der Waals surface area contributed by atoms with Crippen molar-refractivity contribution >= 4 is 17.9 Å². The Hall–Kier alpha value is -3.16. The molecule has 1 aliphatic rings. The summed E-state index contributed by atoms with van der Waals surface area (Å²) < 4.78 is 0. The number of urea groups is 1. The molecule has 0 unspecified atom stereocenters. The van der Waals surface area contributed by atoms with Crippen LogP contribution in [0.15, 0.2) is 48.8 Å². The van der Waals surface area contributed by atoms with Crippen LogP contribution >= 0.6 is 0 Å². The van der Waals surface area contributed by atoms with Crippen LogP contribution in [0.3, 0.4) is 0 Å². The summed E-state index contributed by atoms with van der Waals surface area (Å²) >= 11 is 0. The second kappa shape index (κ2) is 7.40. The van der Waals surface area contributed by atoms with Gasteiger partial charge in [-0.15, -0.1) is 0 Å². The van der Waals surface area contributed by atoms with Crippen LogP contribution in [-0.4, -0.2) is 53.0 Å². The molecule has 1 aromatic carbocycles. The molecule has 1 aromatic heterocycles. The predicted molar refractivity (Wildman–Crippen MR) is 88.3 cm³/mol. The van der Waals surface area contributed by atoms with Crippen molar-refractivity contribution in [1.82, 2.24) is 25.7 Å². The molecule has 0 atom stereocenters. The summed E-state index contributed by atoms with van der Waals surface area (Å²) in [5, 5.41) is 0. The van der Waals surface area contributed by atoms with Gasteiger partial charge < -0.3 is 9.80 Å². The van der Waals surface area contributed by atoms with E-state index in [1.54, 1.807) is 47.6 Å². The number of benzene rings is 1. The van der Waals surface area contributed by atoms with Crippen molar-refractivity contribution < 1.29 is 9.59 Å². The van der Waals surface area contributed by atoms with Gasteiger partial charge in [0.1, 0.15) is 0 Å². The number of carbonyl (C=O) groups is 2. The Bertz CT molecular complexity index is 686. The molecule has 0 spiro atoms. The first-order chi connectivity index (χ1) is 11.7. The zero-order valence-corrected chi connectivity index (χ0v) is 13.1. The molecule has 2 heterocycles. The van der Waals surface area contributed by atoms with Crippen LogP contribution in [0.5, 0.6) is 0 Å². The number of nitrogens with one attached hydrogen (secondary N) is 2. The Morgan fingerprint density at radius 1 is 0.875 bits per heavy atom. The number of hydrogen-bond donors (Lipinski definition) is 2. The monoisotopic (exact) mass is 326 g/mol. The van der Waals surface area contributed by atoms with Crippen molar-refractivity contribution in [2.24, 2.45) is 0 Å². The number of amides is 3. The van der Waals surface area contributed by atoms with E-state index < -0.39 is 0 Å². The summed E-state index contributed by atoms with van der Waals surface area (Å²) in [5.41, 5.74) is 5.35. The quantitative estimate of drug-likeness (QED) is 0.791. The van der Waals surface area contributed by atoms with Crippen molar-refractivity contribution in [1.29, 1.82) is 0 Å². The van der Waals surface area contributed by atoms with Gasteiger partial charge in [0.2, 0.25) is 5.95 Å². The summed E-state index contributed by atoms with van der Waals surface area (Å²) in [5.74, 6) is 0.315. The van der Waals surface area contributed by atoms with Gasteiger partial charge in [-0.3, -0.25) is 10.2 Å². The van der Waals surface area contributed by atoms with Gasteiger partial charge in [0.15, 0.2) is 0 Å². The molecule has 0 aliphatic carbocycles. The smallest absolute Gasteiger partial charge is 0.336 e. The number of nitrogens with zero attached hydrogens (tertiary/aromatic N) is 4. The summed E-state index contributed by atoms with van der Waals surface area (Å²) in [6.07, 6.45) is 3.39. The maximum atomic E-state index is 12.1. The predicted octanol–water partition coefficient (Wildman–Crippen LogP) is 0.653. The molecule has 24 heavy (non-hydrogen) atoms. The minimum Gasteiger partial charge on any atom is -0.337 e. The topological polar surface area (TPSA) is 90.5 Å². The Labute approximate surface area is 139 Å². The first-order valence-corrected chi connectivity index (χ1v) is 7.66. The minimum absolute atomic E-state index is 0.326. The third kappa shape index (κ3) is 3.78. The lowest BCUT2D eigenvalue weighted by molar-refractivity contribution is 0.0929. The summed E-state index contributed by atoms with van der Waals surface area (Å²) in [6.45, 7) is 2.35. The van der Waals surface area contributed by atoms with Gasteiger partial charge in [-0.1, -0.05) is 18.2 Å². The summed E-state index contributed by atoms with van der Waals surface area (Å²) in [4.78, 5) is 36.1. The zero-order chi connectivity index (χ0) is 16.8. The van der Waals surface area contributed by atoms with Crippen LogP contribution in [0.2, 0.25) is 0 Å². The average molecular weight is 326 g/mol. The summed E-state index contributed by atoms with van der Waals surface area (Å²) in [6, 6.07) is 10.2. The van der Waals surface area contributed by atoms with Gasteiger partial charge in [-0.05, 0) is 18.2 Å². The SMILES string of the molecule is O=C(NNC(=O)N1CCN(c2ncccn2)CC1)c1ccccc1. The van der Waals surface area contributed by atoms with Gasteiger partial charge in [0.05, 0.1) is 0 Å². The highest BCUT2D eigenvalue weighted by atomic mass is 16.2. The van der Waals surface area contributed by atoms with E-state index in [2.05, 4.69) is 20.8 Å². The van der Waals surface area contributed by atoms with E-state index in [0.717, 1.165) is 0 Å². The number of hydrazine groups is 1. The lowest BCUT2D eigenvalue weighted by Crippen LogP contribution is -2.55. The second-order valence-electron chi connectivity index (χ2n) is 5.27. The minimum atomic E-state index is -0.347. The number of aromatic nitrogens is 2. The zero-order valence-electron chi connectivity index (χ0n) is 13.1. The highest BCUT2D eigenvalue weighted by Gasteiger charge is 2.22. The molecule has 0 saturated carbocycles. The first kappa shape index (κ1) is 15.7. The maximum Gasteiger partial charge on any atom is 0.336 e. The molecule has 3 amide bonds. The Morgan fingerprint density at radius 3 is 2.21 bits per heavy atom. The Kier molecular flexibility index (Phi) is 4.85. The number of anilines is 1. The summed E-state index contributed by atoms with van der Waals surface area (Å²) in [7, 11) is 0. The van der Waals surface area contributed by atoms with Crippen molar-refractivity contribution in [3.8, 4) is 0 Å². The largest absolute Gasteiger partial charge is 0.337 e. The van der Waals surface area contributed by atoms with E-state index in [1.165, 1.54) is 0 Å². The molecule has 3 rings (SSSR count). The molecule has 2 N–H and O–H groups in total. The Morgan fingerprint density at radius 2 is 1.54 bits per heavy atom. The van der Waals surface area contributed by atoms with Crippen LogP contribution in [0.4, 0.5) is 10.7 Å². The lowest BCUT2D eigenvalue weighted by atomic mass is 10.2. The van der Waals surface area contributed by atoms with Crippen LogP contribution in [0.1, 0.15) is 10.4 Å². The van der Waals surface area contributed by atoms with Gasteiger partial charge in [0, 0.05) is 44.1 Å². The molecule has 1 aliphatic heterocycles. The van der Waals surface area contributed by atoms with E-state index in [1.807, 2.05) is 11.0 Å². The van der Waals surface area contributed by atoms with Gasteiger partial charge >= 0.3 is 6.03 Å². The number of carbonyl (C=O) groups excluding carboxylic acids is 2. The van der Waals surface area contributed by atoms with Crippen LogP contribution in [0, 0.1) is 0 Å². The van der Waals surface area contributed by atoms with E-state index in [9.17, 15) is 9.59 Å². The molecule has 124 valence electrons. The number of piperazine rings is 1. The number of rotatable bonds is 2. The molecule has 8 heteroatoms. The van der Waals surface area contributed by atoms with E-state index in [0.29, 0.717) is 37.7 Å². The van der Waals surface area contributed by atoms with Gasteiger partial charge in [-0.2, -0.15) is 0 Å². The average Bonchev–Trinajstić information content (AvgIpc) is 2.67. The third-order valence-electron chi connectivity index (χ3n) is 3.72. The second-order valence-corrected chi connectivity index (χ2v) is 5.27. The maximum absolute atomic E-state index is 12.1. The van der Waals surface area contributed by atoms with Crippen LogP contribution in [0.25, 0.3) is 0 Å². The van der Waals surface area contributed by atoms with Crippen molar-refractivity contribution in [3.05, 3.63) is 54.4 Å².